The quantitative estimate of drug-likeness (QED) is 0.372. The second-order valence-electron chi connectivity index (χ2n) is 13.7. The molecule has 0 spiro atoms. The Kier molecular flexibility index (Phi) is 6.80. The number of ether oxygens (including phenoxy) is 4. The summed E-state index contributed by atoms with van der Waals surface area (Å²) in [7, 11) is 1.49. The number of rotatable bonds is 4. The summed E-state index contributed by atoms with van der Waals surface area (Å²) in [4.78, 5) is 11.8. The summed E-state index contributed by atoms with van der Waals surface area (Å²) in [5.74, 6) is 1.22. The van der Waals surface area contributed by atoms with Gasteiger partial charge in [-0.3, -0.25) is 0 Å². The molecule has 4 saturated carbocycles. The molecule has 0 bridgehead atoms. The van der Waals surface area contributed by atoms with E-state index in [1.165, 1.54) is 7.11 Å². The molecular weight excluding hydrogens is 488 g/mol. The van der Waals surface area contributed by atoms with Crippen molar-refractivity contribution in [2.24, 2.45) is 34.5 Å². The van der Waals surface area contributed by atoms with Gasteiger partial charge in [0, 0.05) is 18.6 Å². The zero-order valence-electron chi connectivity index (χ0n) is 23.3. The zero-order chi connectivity index (χ0) is 27.0. The second-order valence-corrected chi connectivity index (χ2v) is 13.7. The molecule has 2 aliphatic heterocycles. The molecule has 6 rings (SSSR count). The van der Waals surface area contributed by atoms with Crippen LogP contribution in [0.4, 0.5) is 0 Å². The minimum Gasteiger partial charge on any atom is -0.458 e. The Morgan fingerprint density at radius 2 is 1.79 bits per heavy atom. The highest BCUT2D eigenvalue weighted by Crippen LogP contribution is 2.70. The fourth-order valence-electron chi connectivity index (χ4n) is 10.1. The number of carbonyl (C=O) groups is 1. The molecule has 0 amide bonds. The van der Waals surface area contributed by atoms with Gasteiger partial charge in [0.2, 0.25) is 0 Å². The third-order valence-electron chi connectivity index (χ3n) is 12.3. The molecule has 0 aromatic carbocycles. The van der Waals surface area contributed by atoms with Crippen LogP contribution in [0.5, 0.6) is 0 Å². The number of fused-ring (bicyclic) bond motifs is 5. The third-order valence-corrected chi connectivity index (χ3v) is 12.3. The Bertz CT molecular complexity index is 968. The average molecular weight is 535 g/mol. The zero-order valence-corrected chi connectivity index (χ0v) is 23.3. The number of hydrogen-bond acceptors (Lipinski definition) is 8. The lowest BCUT2D eigenvalue weighted by molar-refractivity contribution is -0.313. The molecule has 38 heavy (non-hydrogen) atoms. The molecular formula is C30H46O8. The summed E-state index contributed by atoms with van der Waals surface area (Å²) in [6.07, 6.45) is 6.45. The monoisotopic (exact) mass is 534 g/mol. The van der Waals surface area contributed by atoms with E-state index in [0.717, 1.165) is 63.4 Å². The standard InChI is InChI=1S/C30H46O8/c1-16-24(32)26(35-4)25(33)27(37-16)38-19-7-10-28(2)18(14-19)5-6-22-21(28)8-11-29(3)20(9-12-30(22,29)34)17-13-23(31)36-15-17/h13,16,18-22,24-27,32-34H,5-12,14-15H2,1-4H3/t16?,18-,19?,20+,21+,22-,24?,25?,26?,27?,28+,29-,30+/m1/s1. The summed E-state index contributed by atoms with van der Waals surface area (Å²) in [5, 5.41) is 33.5. The summed E-state index contributed by atoms with van der Waals surface area (Å²) in [6, 6.07) is 0. The molecule has 4 aliphatic carbocycles. The number of esters is 1. The molecule has 0 radical (unpaired) electrons. The van der Waals surface area contributed by atoms with Crippen LogP contribution in [0.1, 0.15) is 78.6 Å². The average Bonchev–Trinajstić information content (AvgIpc) is 3.43. The molecule has 0 aromatic rings. The number of aliphatic hydroxyl groups excluding tert-OH is 2. The molecule has 2 heterocycles. The largest absolute Gasteiger partial charge is 0.458 e. The molecule has 0 aromatic heterocycles. The van der Waals surface area contributed by atoms with Crippen molar-refractivity contribution in [3.05, 3.63) is 11.6 Å². The van der Waals surface area contributed by atoms with Gasteiger partial charge in [0.05, 0.1) is 17.8 Å². The van der Waals surface area contributed by atoms with Gasteiger partial charge < -0.3 is 34.3 Å². The fourth-order valence-corrected chi connectivity index (χ4v) is 10.1. The van der Waals surface area contributed by atoms with E-state index in [4.69, 9.17) is 18.9 Å². The van der Waals surface area contributed by atoms with E-state index in [1.807, 2.05) is 0 Å². The number of methoxy groups -OCH3 is 1. The van der Waals surface area contributed by atoms with Crippen molar-refractivity contribution >= 4 is 5.97 Å². The first kappa shape index (κ1) is 27.2. The van der Waals surface area contributed by atoms with Crippen LogP contribution in [0, 0.1) is 34.5 Å². The van der Waals surface area contributed by atoms with Crippen molar-refractivity contribution < 1.29 is 39.1 Å². The highest BCUT2D eigenvalue weighted by molar-refractivity contribution is 5.85. The van der Waals surface area contributed by atoms with E-state index in [-0.39, 0.29) is 34.7 Å². The predicted molar refractivity (Wildman–Crippen MR) is 138 cm³/mol. The molecule has 5 fully saturated rings. The van der Waals surface area contributed by atoms with Crippen LogP contribution < -0.4 is 0 Å². The van der Waals surface area contributed by atoms with Gasteiger partial charge in [-0.2, -0.15) is 0 Å². The second kappa shape index (κ2) is 9.52. The number of cyclic esters (lactones) is 1. The van der Waals surface area contributed by atoms with E-state index in [1.54, 1.807) is 13.0 Å². The number of aliphatic hydroxyl groups is 3. The predicted octanol–water partition coefficient (Wildman–Crippen LogP) is 3.11. The van der Waals surface area contributed by atoms with Gasteiger partial charge in [0.25, 0.3) is 0 Å². The minimum atomic E-state index is -1.04. The first-order valence-corrected chi connectivity index (χ1v) is 14.8. The maximum atomic E-state index is 12.4. The van der Waals surface area contributed by atoms with Crippen LogP contribution in [-0.2, 0) is 23.7 Å². The van der Waals surface area contributed by atoms with Gasteiger partial charge in [-0.15, -0.1) is 0 Å². The van der Waals surface area contributed by atoms with Crippen molar-refractivity contribution in [1.29, 1.82) is 0 Å². The highest BCUT2D eigenvalue weighted by atomic mass is 16.7. The Morgan fingerprint density at radius 3 is 2.50 bits per heavy atom. The van der Waals surface area contributed by atoms with Crippen LogP contribution in [0.3, 0.4) is 0 Å². The SMILES string of the molecule is COC1C(O)C(C)OC(OC2CC[C@@]3(C)[C@H](CC[C@@H]4[C@@H]3CC[C@]3(C)[C@H](C5=CC(=O)OC5)CC[C@]43O)C2)C1O. The van der Waals surface area contributed by atoms with E-state index >= 15 is 0 Å². The van der Waals surface area contributed by atoms with Crippen LogP contribution in [0.25, 0.3) is 0 Å². The Morgan fingerprint density at radius 1 is 1.00 bits per heavy atom. The molecule has 1 saturated heterocycles. The number of carbonyl (C=O) groups excluding carboxylic acids is 1. The van der Waals surface area contributed by atoms with Crippen molar-refractivity contribution in [3.63, 3.8) is 0 Å². The van der Waals surface area contributed by atoms with Crippen molar-refractivity contribution in [2.45, 2.75) is 121 Å². The molecule has 8 heteroatoms. The van der Waals surface area contributed by atoms with E-state index < -0.39 is 36.3 Å². The van der Waals surface area contributed by atoms with Crippen molar-refractivity contribution in [1.82, 2.24) is 0 Å². The number of hydrogen-bond donors (Lipinski definition) is 3. The molecule has 6 unspecified atom stereocenters. The van der Waals surface area contributed by atoms with Gasteiger partial charge in [0.15, 0.2) is 6.29 Å². The minimum absolute atomic E-state index is 0.0103. The van der Waals surface area contributed by atoms with Gasteiger partial charge in [-0.25, -0.2) is 4.79 Å². The lowest BCUT2D eigenvalue weighted by atomic mass is 9.43. The molecule has 8 nitrogen and oxygen atoms in total. The molecule has 13 atom stereocenters. The molecule has 3 N–H and O–H groups in total. The molecule has 214 valence electrons. The van der Waals surface area contributed by atoms with Crippen LogP contribution >= 0.6 is 0 Å². The Labute approximate surface area is 226 Å². The van der Waals surface area contributed by atoms with Gasteiger partial charge in [0.1, 0.15) is 24.9 Å². The summed E-state index contributed by atoms with van der Waals surface area (Å²) >= 11 is 0. The summed E-state index contributed by atoms with van der Waals surface area (Å²) < 4.78 is 22.8. The Hall–Kier alpha value is -1.03. The van der Waals surface area contributed by atoms with E-state index in [0.29, 0.717) is 18.4 Å². The van der Waals surface area contributed by atoms with E-state index in [9.17, 15) is 20.1 Å². The maximum absolute atomic E-state index is 12.4. The van der Waals surface area contributed by atoms with Crippen LogP contribution in [0.15, 0.2) is 11.6 Å². The third kappa shape index (κ3) is 3.88. The lowest BCUT2D eigenvalue weighted by Gasteiger charge is -2.64. The summed E-state index contributed by atoms with van der Waals surface area (Å²) in [5.41, 5.74) is 0.300. The van der Waals surface area contributed by atoms with E-state index in [2.05, 4.69) is 13.8 Å². The molecule has 6 aliphatic rings. The highest BCUT2D eigenvalue weighted by Gasteiger charge is 2.67. The van der Waals surface area contributed by atoms with Crippen molar-refractivity contribution in [3.8, 4) is 0 Å². The van der Waals surface area contributed by atoms with Gasteiger partial charge in [-0.05, 0) is 99.4 Å². The smallest absolute Gasteiger partial charge is 0.331 e. The normalized spacial score (nSPS) is 54.5. The fraction of sp³-hybridized carbons (Fsp3) is 0.900. The topological polar surface area (TPSA) is 115 Å². The summed E-state index contributed by atoms with van der Waals surface area (Å²) in [6.45, 7) is 6.87. The first-order chi connectivity index (χ1) is 18.0. The first-order valence-electron chi connectivity index (χ1n) is 14.8. The van der Waals surface area contributed by atoms with Crippen LogP contribution in [-0.4, -0.2) is 77.4 Å². The van der Waals surface area contributed by atoms with Gasteiger partial charge >= 0.3 is 5.97 Å². The van der Waals surface area contributed by atoms with Crippen molar-refractivity contribution in [2.75, 3.05) is 13.7 Å². The lowest BCUT2D eigenvalue weighted by Crippen LogP contribution is -2.62. The Balaban J connectivity index is 1.16. The maximum Gasteiger partial charge on any atom is 0.331 e. The van der Waals surface area contributed by atoms with Gasteiger partial charge in [-0.1, -0.05) is 13.8 Å². The van der Waals surface area contributed by atoms with Crippen LogP contribution in [0.2, 0.25) is 0 Å².